The minimum absolute atomic E-state index is 0.177. The molecule has 17 heavy (non-hydrogen) atoms. The fourth-order valence-electron chi connectivity index (χ4n) is 1.85. The molecule has 0 saturated heterocycles. The Morgan fingerprint density at radius 3 is 2.88 bits per heavy atom. The summed E-state index contributed by atoms with van der Waals surface area (Å²) in [7, 11) is -1.40. The molecule has 0 aliphatic carbocycles. The number of benzene rings is 1. The second-order valence-electron chi connectivity index (χ2n) is 3.90. The van der Waals surface area contributed by atoms with Crippen LogP contribution in [-0.2, 0) is 15.6 Å². The zero-order chi connectivity index (χ0) is 12.4. The zero-order valence-corrected chi connectivity index (χ0v) is 9.98. The highest BCUT2D eigenvalue weighted by molar-refractivity contribution is 7.86. The van der Waals surface area contributed by atoms with E-state index in [0.717, 1.165) is 5.56 Å². The van der Waals surface area contributed by atoms with Gasteiger partial charge in [-0.05, 0) is 6.07 Å². The van der Waals surface area contributed by atoms with Crippen molar-refractivity contribution in [3.05, 3.63) is 29.8 Å². The Bertz CT molecular complexity index is 464. The number of nitrogens with two attached hydrogens (primary N) is 2. The van der Waals surface area contributed by atoms with Crippen molar-refractivity contribution in [1.29, 1.82) is 0 Å². The number of hydrogen-bond acceptors (Lipinski definition) is 4. The quantitative estimate of drug-likeness (QED) is 0.773. The topological polar surface area (TPSA) is 95.4 Å². The molecule has 0 saturated carbocycles. The molecule has 1 aromatic rings. The van der Waals surface area contributed by atoms with E-state index in [9.17, 15) is 9.00 Å². The highest BCUT2D eigenvalue weighted by atomic mass is 32.2. The van der Waals surface area contributed by atoms with Gasteiger partial charge >= 0.3 is 0 Å². The number of para-hydroxylation sites is 1. The Hall–Kier alpha value is -1.40. The summed E-state index contributed by atoms with van der Waals surface area (Å²) in [6.07, 6.45) is 0. The number of rotatable bonds is 3. The van der Waals surface area contributed by atoms with Gasteiger partial charge in [0.1, 0.15) is 18.1 Å². The van der Waals surface area contributed by atoms with Crippen LogP contribution in [0.25, 0.3) is 0 Å². The lowest BCUT2D eigenvalue weighted by Crippen LogP contribution is -2.41. The van der Waals surface area contributed by atoms with Crippen molar-refractivity contribution in [2.24, 2.45) is 11.5 Å². The first kappa shape index (κ1) is 12.1. The van der Waals surface area contributed by atoms with Crippen LogP contribution in [-0.4, -0.2) is 27.7 Å². The van der Waals surface area contributed by atoms with Crippen molar-refractivity contribution in [1.82, 2.24) is 0 Å². The van der Waals surface area contributed by atoms with Crippen molar-refractivity contribution < 1.29 is 13.7 Å². The zero-order valence-electron chi connectivity index (χ0n) is 9.17. The van der Waals surface area contributed by atoms with E-state index in [1.807, 2.05) is 24.3 Å². The Balaban J connectivity index is 2.20. The minimum atomic E-state index is -1.40. The number of hydrogen-bond donors (Lipinski definition) is 2. The molecular weight excluding hydrogens is 240 g/mol. The fourth-order valence-corrected chi connectivity index (χ4v) is 3.04. The molecule has 0 fully saturated rings. The van der Waals surface area contributed by atoms with Gasteiger partial charge in [-0.1, -0.05) is 18.2 Å². The van der Waals surface area contributed by atoms with Crippen LogP contribution in [0.2, 0.25) is 0 Å². The molecule has 3 unspecified atom stereocenters. The molecule has 4 N–H and O–H groups in total. The van der Waals surface area contributed by atoms with E-state index in [0.29, 0.717) is 5.75 Å². The first-order chi connectivity index (χ1) is 8.09. The van der Waals surface area contributed by atoms with E-state index in [1.54, 1.807) is 0 Å². The molecule has 1 aliphatic rings. The van der Waals surface area contributed by atoms with Crippen LogP contribution in [0.15, 0.2) is 24.3 Å². The molecule has 0 bridgehead atoms. The number of primary amides is 1. The Kier molecular flexibility index (Phi) is 3.44. The number of carbonyl (C=O) groups is 1. The fraction of sp³-hybridized carbons (Fsp3) is 0.364. The summed E-state index contributed by atoms with van der Waals surface area (Å²) >= 11 is 0. The van der Waals surface area contributed by atoms with Gasteiger partial charge in [0.2, 0.25) is 5.91 Å². The average molecular weight is 254 g/mol. The van der Waals surface area contributed by atoms with Gasteiger partial charge in [-0.15, -0.1) is 0 Å². The van der Waals surface area contributed by atoms with E-state index < -0.39 is 22.0 Å². The molecule has 0 radical (unpaired) electrons. The van der Waals surface area contributed by atoms with Crippen molar-refractivity contribution in [3.63, 3.8) is 0 Å². The molecule has 6 heteroatoms. The number of amides is 1. The number of carbonyl (C=O) groups excluding carboxylic acids is 1. The van der Waals surface area contributed by atoms with Gasteiger partial charge in [0.15, 0.2) is 0 Å². The lowest BCUT2D eigenvalue weighted by Gasteiger charge is -2.30. The highest BCUT2D eigenvalue weighted by Crippen LogP contribution is 2.32. The van der Waals surface area contributed by atoms with E-state index >= 15 is 0 Å². The average Bonchev–Trinajstić information content (AvgIpc) is 2.28. The van der Waals surface area contributed by atoms with Crippen molar-refractivity contribution in [2.45, 2.75) is 11.3 Å². The van der Waals surface area contributed by atoms with Gasteiger partial charge in [-0.25, -0.2) is 0 Å². The van der Waals surface area contributed by atoms with Gasteiger partial charge in [0.25, 0.3) is 0 Å². The maximum atomic E-state index is 11.9. The van der Waals surface area contributed by atoms with Gasteiger partial charge in [0, 0.05) is 16.4 Å². The third kappa shape index (κ3) is 2.48. The van der Waals surface area contributed by atoms with E-state index in [4.69, 9.17) is 16.2 Å². The number of ether oxygens (including phenoxy) is 1. The van der Waals surface area contributed by atoms with E-state index in [2.05, 4.69) is 0 Å². The van der Waals surface area contributed by atoms with Crippen LogP contribution in [0.4, 0.5) is 0 Å². The summed E-state index contributed by atoms with van der Waals surface area (Å²) in [5.41, 5.74) is 11.9. The SMILES string of the molecule is NC(=O)CS(=O)C1COc2ccccc2C1N. The molecule has 2 rings (SSSR count). The van der Waals surface area contributed by atoms with Crippen LogP contribution in [0.3, 0.4) is 0 Å². The van der Waals surface area contributed by atoms with Crippen LogP contribution < -0.4 is 16.2 Å². The molecule has 1 amide bonds. The van der Waals surface area contributed by atoms with Crippen molar-refractivity contribution >= 4 is 16.7 Å². The van der Waals surface area contributed by atoms with Crippen LogP contribution in [0.1, 0.15) is 11.6 Å². The first-order valence-electron chi connectivity index (χ1n) is 5.22. The molecule has 1 aromatic carbocycles. The predicted molar refractivity (Wildman–Crippen MR) is 64.9 cm³/mol. The van der Waals surface area contributed by atoms with Gasteiger partial charge in [-0.3, -0.25) is 9.00 Å². The summed E-state index contributed by atoms with van der Waals surface area (Å²) in [5.74, 6) is -0.0501. The number of fused-ring (bicyclic) bond motifs is 1. The summed E-state index contributed by atoms with van der Waals surface area (Å²) in [6.45, 7) is 0.248. The van der Waals surface area contributed by atoms with Crippen molar-refractivity contribution in [2.75, 3.05) is 12.4 Å². The summed E-state index contributed by atoms with van der Waals surface area (Å²) < 4.78 is 17.4. The molecule has 3 atom stereocenters. The van der Waals surface area contributed by atoms with Crippen LogP contribution in [0.5, 0.6) is 5.75 Å². The highest BCUT2D eigenvalue weighted by Gasteiger charge is 2.32. The monoisotopic (exact) mass is 254 g/mol. The van der Waals surface area contributed by atoms with Crippen molar-refractivity contribution in [3.8, 4) is 5.75 Å². The molecular formula is C11H14N2O3S. The second kappa shape index (κ2) is 4.85. The summed E-state index contributed by atoms with van der Waals surface area (Å²) in [6, 6.07) is 6.98. The second-order valence-corrected chi connectivity index (χ2v) is 5.56. The molecule has 1 aliphatic heterocycles. The first-order valence-corrected chi connectivity index (χ1v) is 6.60. The summed E-state index contributed by atoms with van der Waals surface area (Å²) in [5, 5.41) is -0.391. The van der Waals surface area contributed by atoms with E-state index in [-0.39, 0.29) is 18.4 Å². The van der Waals surface area contributed by atoms with Gasteiger partial charge in [-0.2, -0.15) is 0 Å². The molecule has 92 valence electrons. The smallest absolute Gasteiger partial charge is 0.230 e. The standard InChI is InChI=1S/C11H14N2O3S/c12-10(14)6-17(15)9-5-16-8-4-2-1-3-7(8)11(9)13/h1-4,9,11H,5-6,13H2,(H2,12,14). The Morgan fingerprint density at radius 1 is 1.47 bits per heavy atom. The van der Waals surface area contributed by atoms with Crippen LogP contribution >= 0.6 is 0 Å². The maximum Gasteiger partial charge on any atom is 0.230 e. The third-order valence-corrected chi connectivity index (χ3v) is 4.38. The largest absolute Gasteiger partial charge is 0.492 e. The lowest BCUT2D eigenvalue weighted by molar-refractivity contribution is -0.115. The maximum absolute atomic E-state index is 11.9. The molecule has 5 nitrogen and oxygen atoms in total. The normalized spacial score (nSPS) is 24.5. The minimum Gasteiger partial charge on any atom is -0.492 e. The molecule has 1 heterocycles. The summed E-state index contributed by atoms with van der Waals surface area (Å²) in [4.78, 5) is 10.8. The molecule has 0 aromatic heterocycles. The Morgan fingerprint density at radius 2 is 2.18 bits per heavy atom. The predicted octanol–water partition coefficient (Wildman–Crippen LogP) is -0.319. The third-order valence-electron chi connectivity index (χ3n) is 2.70. The molecule has 0 spiro atoms. The Labute approximate surface area is 102 Å². The van der Waals surface area contributed by atoms with E-state index in [1.165, 1.54) is 0 Å². The lowest BCUT2D eigenvalue weighted by atomic mass is 10.0. The van der Waals surface area contributed by atoms with Gasteiger partial charge in [0.05, 0.1) is 11.3 Å². The van der Waals surface area contributed by atoms with Crippen LogP contribution in [0, 0.1) is 0 Å². The van der Waals surface area contributed by atoms with Gasteiger partial charge < -0.3 is 16.2 Å².